The standard InChI is InChI=1S/C16H13IN2O2/c1-11-5-6-13(8-15(11)17)19-16(20)10-21-14-4-2-3-12(7-14)9-18/h2-8H,10H2,1H3,(H,19,20). The Bertz CT molecular complexity index is 708. The number of rotatable bonds is 4. The highest BCUT2D eigenvalue weighted by Crippen LogP contribution is 2.17. The zero-order valence-electron chi connectivity index (χ0n) is 11.4. The lowest BCUT2D eigenvalue weighted by molar-refractivity contribution is -0.118. The number of amides is 1. The molecule has 2 aromatic rings. The van der Waals surface area contributed by atoms with Crippen LogP contribution in [0.5, 0.6) is 5.75 Å². The molecule has 2 rings (SSSR count). The average Bonchev–Trinajstić information content (AvgIpc) is 2.49. The number of aryl methyl sites for hydroxylation is 1. The number of benzene rings is 2. The van der Waals surface area contributed by atoms with E-state index in [4.69, 9.17) is 10.00 Å². The van der Waals surface area contributed by atoms with Gasteiger partial charge in [-0.15, -0.1) is 0 Å². The molecule has 0 aliphatic heterocycles. The summed E-state index contributed by atoms with van der Waals surface area (Å²) in [5, 5.41) is 11.6. The molecular formula is C16H13IN2O2. The maximum absolute atomic E-state index is 11.8. The molecule has 0 aromatic heterocycles. The molecule has 4 nitrogen and oxygen atoms in total. The van der Waals surface area contributed by atoms with Crippen LogP contribution in [-0.2, 0) is 4.79 Å². The van der Waals surface area contributed by atoms with Gasteiger partial charge in [-0.25, -0.2) is 0 Å². The summed E-state index contributed by atoms with van der Waals surface area (Å²) in [5.41, 5.74) is 2.41. The number of halogens is 1. The van der Waals surface area contributed by atoms with Gasteiger partial charge >= 0.3 is 0 Å². The first-order valence-corrected chi connectivity index (χ1v) is 7.35. The lowest BCUT2D eigenvalue weighted by Gasteiger charge is -2.08. The maximum Gasteiger partial charge on any atom is 0.262 e. The Morgan fingerprint density at radius 3 is 2.86 bits per heavy atom. The zero-order chi connectivity index (χ0) is 15.2. The van der Waals surface area contributed by atoms with E-state index in [9.17, 15) is 4.79 Å². The molecule has 0 aliphatic rings. The molecule has 21 heavy (non-hydrogen) atoms. The first kappa shape index (κ1) is 15.3. The summed E-state index contributed by atoms with van der Waals surface area (Å²) in [4.78, 5) is 11.8. The van der Waals surface area contributed by atoms with E-state index in [0.717, 1.165) is 14.8 Å². The minimum absolute atomic E-state index is 0.0979. The van der Waals surface area contributed by atoms with Crippen molar-refractivity contribution in [3.8, 4) is 11.8 Å². The van der Waals surface area contributed by atoms with Gasteiger partial charge in [0.15, 0.2) is 6.61 Å². The molecule has 2 aromatic carbocycles. The van der Waals surface area contributed by atoms with E-state index in [-0.39, 0.29) is 12.5 Å². The van der Waals surface area contributed by atoms with E-state index in [1.165, 1.54) is 0 Å². The SMILES string of the molecule is Cc1ccc(NC(=O)COc2cccc(C#N)c2)cc1I. The van der Waals surface area contributed by atoms with Gasteiger partial charge in [-0.2, -0.15) is 5.26 Å². The minimum atomic E-state index is -0.239. The molecule has 1 N–H and O–H groups in total. The van der Waals surface area contributed by atoms with E-state index in [1.807, 2.05) is 31.2 Å². The summed E-state index contributed by atoms with van der Waals surface area (Å²) >= 11 is 2.22. The highest BCUT2D eigenvalue weighted by molar-refractivity contribution is 14.1. The molecule has 0 spiro atoms. The molecule has 5 heteroatoms. The van der Waals surface area contributed by atoms with Crippen LogP contribution in [0.25, 0.3) is 0 Å². The summed E-state index contributed by atoms with van der Waals surface area (Å²) in [6, 6.07) is 14.4. The van der Waals surface area contributed by atoms with Crippen molar-refractivity contribution < 1.29 is 9.53 Å². The number of anilines is 1. The number of carbonyl (C=O) groups is 1. The summed E-state index contributed by atoms with van der Waals surface area (Å²) in [6.45, 7) is 1.91. The van der Waals surface area contributed by atoms with E-state index in [2.05, 4.69) is 27.9 Å². The number of ether oxygens (including phenoxy) is 1. The first-order chi connectivity index (χ1) is 10.1. The van der Waals surface area contributed by atoms with Crippen LogP contribution >= 0.6 is 22.6 Å². The van der Waals surface area contributed by atoms with Crippen LogP contribution in [0.1, 0.15) is 11.1 Å². The Kier molecular flexibility index (Phi) is 5.17. The monoisotopic (exact) mass is 392 g/mol. The van der Waals surface area contributed by atoms with Crippen molar-refractivity contribution in [1.29, 1.82) is 5.26 Å². The van der Waals surface area contributed by atoms with Gasteiger partial charge in [0.2, 0.25) is 0 Å². The molecule has 0 bridgehead atoms. The Labute approximate surface area is 136 Å². The van der Waals surface area contributed by atoms with Crippen LogP contribution in [0.3, 0.4) is 0 Å². The van der Waals surface area contributed by atoms with Crippen LogP contribution in [0.4, 0.5) is 5.69 Å². The fraction of sp³-hybridized carbons (Fsp3) is 0.125. The fourth-order valence-electron chi connectivity index (χ4n) is 1.67. The van der Waals surface area contributed by atoms with Gasteiger partial charge in [0.05, 0.1) is 11.6 Å². The van der Waals surface area contributed by atoms with Gasteiger partial charge in [-0.1, -0.05) is 12.1 Å². The third-order valence-corrected chi connectivity index (χ3v) is 3.95. The van der Waals surface area contributed by atoms with Crippen molar-refractivity contribution in [3.05, 3.63) is 57.2 Å². The van der Waals surface area contributed by atoms with Crippen LogP contribution in [0.2, 0.25) is 0 Å². The zero-order valence-corrected chi connectivity index (χ0v) is 13.5. The highest BCUT2D eigenvalue weighted by Gasteiger charge is 2.05. The number of carbonyl (C=O) groups excluding carboxylic acids is 1. The average molecular weight is 392 g/mol. The Morgan fingerprint density at radius 1 is 1.33 bits per heavy atom. The lowest BCUT2D eigenvalue weighted by Crippen LogP contribution is -2.20. The second-order valence-electron chi connectivity index (χ2n) is 4.44. The van der Waals surface area contributed by atoms with E-state index in [1.54, 1.807) is 24.3 Å². The second kappa shape index (κ2) is 7.09. The van der Waals surface area contributed by atoms with E-state index >= 15 is 0 Å². The predicted molar refractivity (Wildman–Crippen MR) is 89.2 cm³/mol. The molecule has 0 saturated carbocycles. The summed E-state index contributed by atoms with van der Waals surface area (Å²) < 4.78 is 6.46. The number of hydrogen-bond donors (Lipinski definition) is 1. The van der Waals surface area contributed by atoms with Crippen LogP contribution in [0, 0.1) is 21.8 Å². The van der Waals surface area contributed by atoms with Gasteiger partial charge in [0, 0.05) is 9.26 Å². The van der Waals surface area contributed by atoms with E-state index in [0.29, 0.717) is 11.3 Å². The van der Waals surface area contributed by atoms with Crippen LogP contribution < -0.4 is 10.1 Å². The molecule has 106 valence electrons. The molecule has 0 atom stereocenters. The molecule has 0 unspecified atom stereocenters. The fourth-order valence-corrected chi connectivity index (χ4v) is 2.19. The normalized spacial score (nSPS) is 9.76. The predicted octanol–water partition coefficient (Wildman–Crippen LogP) is 3.49. The van der Waals surface area contributed by atoms with Gasteiger partial charge in [0.25, 0.3) is 5.91 Å². The molecule has 0 aliphatic carbocycles. The number of nitrogens with one attached hydrogen (secondary N) is 1. The third-order valence-electron chi connectivity index (χ3n) is 2.79. The molecule has 0 heterocycles. The van der Waals surface area contributed by atoms with Crippen molar-refractivity contribution in [2.45, 2.75) is 6.92 Å². The Morgan fingerprint density at radius 2 is 2.14 bits per heavy atom. The second-order valence-corrected chi connectivity index (χ2v) is 5.60. The van der Waals surface area contributed by atoms with Gasteiger partial charge in [-0.05, 0) is 65.4 Å². The maximum atomic E-state index is 11.8. The summed E-state index contributed by atoms with van der Waals surface area (Å²) in [6.07, 6.45) is 0. The van der Waals surface area contributed by atoms with Crippen molar-refractivity contribution in [3.63, 3.8) is 0 Å². The summed E-state index contributed by atoms with van der Waals surface area (Å²) in [5.74, 6) is 0.264. The van der Waals surface area contributed by atoms with Gasteiger partial charge in [-0.3, -0.25) is 4.79 Å². The minimum Gasteiger partial charge on any atom is -0.484 e. The highest BCUT2D eigenvalue weighted by atomic mass is 127. The topological polar surface area (TPSA) is 62.1 Å². The number of hydrogen-bond acceptors (Lipinski definition) is 3. The largest absolute Gasteiger partial charge is 0.484 e. The molecule has 0 saturated heterocycles. The van der Waals surface area contributed by atoms with Gasteiger partial charge in [0.1, 0.15) is 5.75 Å². The van der Waals surface area contributed by atoms with Crippen molar-refractivity contribution in [1.82, 2.24) is 0 Å². The number of nitrogens with zero attached hydrogens (tertiary/aromatic N) is 1. The quantitative estimate of drug-likeness (QED) is 0.811. The van der Waals surface area contributed by atoms with Crippen molar-refractivity contribution in [2.75, 3.05) is 11.9 Å². The molecule has 0 radical (unpaired) electrons. The Hall–Kier alpha value is -2.07. The van der Waals surface area contributed by atoms with Crippen molar-refractivity contribution >= 4 is 34.2 Å². The molecular weight excluding hydrogens is 379 g/mol. The van der Waals surface area contributed by atoms with E-state index < -0.39 is 0 Å². The van der Waals surface area contributed by atoms with Crippen LogP contribution in [-0.4, -0.2) is 12.5 Å². The van der Waals surface area contributed by atoms with Gasteiger partial charge < -0.3 is 10.1 Å². The smallest absolute Gasteiger partial charge is 0.262 e. The third kappa shape index (κ3) is 4.46. The summed E-state index contributed by atoms with van der Waals surface area (Å²) in [7, 11) is 0. The Balaban J connectivity index is 1.92. The first-order valence-electron chi connectivity index (χ1n) is 6.27. The molecule has 1 amide bonds. The lowest BCUT2D eigenvalue weighted by atomic mass is 10.2. The number of nitriles is 1. The van der Waals surface area contributed by atoms with Crippen molar-refractivity contribution in [2.24, 2.45) is 0 Å². The van der Waals surface area contributed by atoms with Crippen LogP contribution in [0.15, 0.2) is 42.5 Å². The molecule has 0 fully saturated rings.